The van der Waals surface area contributed by atoms with Crippen LogP contribution in [0.4, 0.5) is 4.39 Å². The highest BCUT2D eigenvalue weighted by Gasteiger charge is 2.34. The molecule has 0 spiro atoms. The number of carbonyl (C=O) groups excluding carboxylic acids is 1. The van der Waals surface area contributed by atoms with Crippen molar-refractivity contribution in [2.75, 3.05) is 0 Å². The number of cyclic esters (lactones) is 1. The predicted molar refractivity (Wildman–Crippen MR) is 107 cm³/mol. The molecule has 0 saturated heterocycles. The van der Waals surface area contributed by atoms with Crippen molar-refractivity contribution in [3.63, 3.8) is 0 Å². The number of aliphatic hydroxyl groups excluding tert-OH is 1. The summed E-state index contributed by atoms with van der Waals surface area (Å²) in [5.74, 6) is -1.14. The third kappa shape index (κ3) is 2.39. The number of aliphatic hydroxyl groups is 1. The molecule has 0 saturated carbocycles. The summed E-state index contributed by atoms with van der Waals surface area (Å²) in [5.41, 5.74) is 4.21. The highest BCUT2D eigenvalue weighted by molar-refractivity contribution is 9.10. The van der Waals surface area contributed by atoms with Gasteiger partial charge < -0.3 is 14.4 Å². The Morgan fingerprint density at radius 3 is 2.83 bits per heavy atom. The van der Waals surface area contributed by atoms with Gasteiger partial charge in [0.25, 0.3) is 5.56 Å². The maximum absolute atomic E-state index is 14.4. The van der Waals surface area contributed by atoms with Gasteiger partial charge in [-0.1, -0.05) is 6.92 Å². The molecule has 3 aromatic rings. The Balaban J connectivity index is 1.86. The first-order valence-electron chi connectivity index (χ1n) is 9.25. The maximum Gasteiger partial charge on any atom is 0.340 e. The molecule has 0 bridgehead atoms. The number of ether oxygens (including phenoxy) is 1. The number of esters is 1. The Bertz CT molecular complexity index is 1310. The van der Waals surface area contributed by atoms with Gasteiger partial charge in [-0.05, 0) is 46.5 Å². The molecule has 0 fully saturated rings. The molecular weight excluding hydrogens is 443 g/mol. The van der Waals surface area contributed by atoms with Crippen molar-refractivity contribution in [2.45, 2.75) is 39.5 Å². The number of hydrogen-bond donors (Lipinski definition) is 1. The standard InChI is InChI=1S/C21H16BrFN2O4/c1-3-9-11-6-25-15(4-10-12(20(25)27)7-29-21(28)19(10)26)18(11)24-14-5-13(23)8(2)17(22)16(9)14/h4-5,19,26H,3,6-7H2,1-2H3. The zero-order valence-corrected chi connectivity index (χ0v) is 17.3. The van der Waals surface area contributed by atoms with Crippen molar-refractivity contribution >= 4 is 32.8 Å². The maximum atomic E-state index is 14.4. The van der Waals surface area contributed by atoms with Crippen LogP contribution in [0.5, 0.6) is 0 Å². The molecule has 2 aromatic heterocycles. The van der Waals surface area contributed by atoms with E-state index >= 15 is 0 Å². The van der Waals surface area contributed by atoms with E-state index in [1.54, 1.807) is 17.6 Å². The lowest BCUT2D eigenvalue weighted by molar-refractivity contribution is -0.157. The smallest absolute Gasteiger partial charge is 0.340 e. The van der Waals surface area contributed by atoms with Crippen LogP contribution in [0.15, 0.2) is 21.4 Å². The topological polar surface area (TPSA) is 81.4 Å². The molecule has 1 atom stereocenters. The number of rotatable bonds is 1. The Hall–Kier alpha value is -2.58. The van der Waals surface area contributed by atoms with Gasteiger partial charge in [-0.3, -0.25) is 4.79 Å². The second-order valence-corrected chi connectivity index (χ2v) is 8.12. The molecule has 8 heteroatoms. The number of benzene rings is 1. The molecule has 148 valence electrons. The number of aromatic nitrogens is 2. The molecule has 0 amide bonds. The van der Waals surface area contributed by atoms with E-state index in [1.807, 2.05) is 6.92 Å². The summed E-state index contributed by atoms with van der Waals surface area (Å²) in [6.07, 6.45) is -0.820. The van der Waals surface area contributed by atoms with Crippen LogP contribution in [0.1, 0.15) is 40.8 Å². The van der Waals surface area contributed by atoms with E-state index < -0.39 is 12.1 Å². The fourth-order valence-corrected chi connectivity index (χ4v) is 4.92. The monoisotopic (exact) mass is 458 g/mol. The second-order valence-electron chi connectivity index (χ2n) is 7.33. The zero-order chi connectivity index (χ0) is 20.6. The van der Waals surface area contributed by atoms with E-state index in [-0.39, 0.29) is 29.1 Å². The van der Waals surface area contributed by atoms with Crippen LogP contribution < -0.4 is 5.56 Å². The van der Waals surface area contributed by atoms with Crippen molar-refractivity contribution in [1.29, 1.82) is 0 Å². The van der Waals surface area contributed by atoms with Gasteiger partial charge in [0.1, 0.15) is 12.4 Å². The third-order valence-electron chi connectivity index (χ3n) is 5.83. The molecule has 1 N–H and O–H groups in total. The normalized spacial score (nSPS) is 17.1. The number of aryl methyl sites for hydroxylation is 1. The Morgan fingerprint density at radius 2 is 2.10 bits per heavy atom. The Morgan fingerprint density at radius 1 is 1.34 bits per heavy atom. The number of fused-ring (bicyclic) bond motifs is 5. The van der Waals surface area contributed by atoms with Gasteiger partial charge in [0, 0.05) is 27.1 Å². The number of hydrogen-bond acceptors (Lipinski definition) is 5. The quantitative estimate of drug-likeness (QED) is 0.442. The summed E-state index contributed by atoms with van der Waals surface area (Å²) in [6.45, 7) is 3.88. The average Bonchev–Trinajstić information content (AvgIpc) is 3.06. The number of nitrogens with zero attached hydrogens (tertiary/aromatic N) is 2. The zero-order valence-electron chi connectivity index (χ0n) is 15.7. The first kappa shape index (κ1) is 18.4. The summed E-state index contributed by atoms with van der Waals surface area (Å²) >= 11 is 3.51. The van der Waals surface area contributed by atoms with E-state index in [2.05, 4.69) is 20.9 Å². The minimum atomic E-state index is -1.50. The van der Waals surface area contributed by atoms with Crippen LogP contribution in [0, 0.1) is 12.7 Å². The SMILES string of the molecule is CCc1c2c(nc3cc(F)c(C)c(Br)c13)-c1cc3c(c(=O)n1C2)COC(=O)C3O. The largest absolute Gasteiger partial charge is 0.458 e. The lowest BCUT2D eigenvalue weighted by atomic mass is 9.96. The molecule has 0 radical (unpaired) electrons. The minimum Gasteiger partial charge on any atom is -0.458 e. The molecular formula is C21H16BrFN2O4. The molecule has 0 aliphatic carbocycles. The summed E-state index contributed by atoms with van der Waals surface area (Å²) in [7, 11) is 0. The Kier molecular flexibility index (Phi) is 3.95. The van der Waals surface area contributed by atoms with E-state index in [1.165, 1.54) is 6.07 Å². The van der Waals surface area contributed by atoms with Gasteiger partial charge >= 0.3 is 5.97 Å². The summed E-state index contributed by atoms with van der Waals surface area (Å²) in [4.78, 5) is 29.5. The number of carbonyl (C=O) groups is 1. The summed E-state index contributed by atoms with van der Waals surface area (Å²) in [6, 6.07) is 3.03. The van der Waals surface area contributed by atoms with Crippen LogP contribution in [-0.4, -0.2) is 20.6 Å². The van der Waals surface area contributed by atoms with E-state index in [9.17, 15) is 19.1 Å². The molecule has 1 aromatic carbocycles. The van der Waals surface area contributed by atoms with Gasteiger partial charge in [-0.25, -0.2) is 14.2 Å². The summed E-state index contributed by atoms with van der Waals surface area (Å²) in [5, 5.41) is 11.1. The number of pyridine rings is 2. The van der Waals surface area contributed by atoms with E-state index in [0.717, 1.165) is 16.5 Å². The molecule has 6 nitrogen and oxygen atoms in total. The summed E-state index contributed by atoms with van der Waals surface area (Å²) < 4.78 is 21.5. The van der Waals surface area contributed by atoms with Gasteiger partial charge in [0.05, 0.1) is 29.0 Å². The first-order chi connectivity index (χ1) is 13.8. The molecule has 5 rings (SSSR count). The van der Waals surface area contributed by atoms with Gasteiger partial charge in [0.2, 0.25) is 0 Å². The van der Waals surface area contributed by atoms with Crippen molar-refractivity contribution < 1.29 is 19.0 Å². The van der Waals surface area contributed by atoms with Crippen molar-refractivity contribution in [1.82, 2.24) is 9.55 Å². The molecule has 2 aliphatic rings. The van der Waals surface area contributed by atoms with E-state index in [4.69, 9.17) is 4.74 Å². The highest BCUT2D eigenvalue weighted by Crippen LogP contribution is 2.41. The lowest BCUT2D eigenvalue weighted by Crippen LogP contribution is -2.32. The predicted octanol–water partition coefficient (Wildman–Crippen LogP) is 3.29. The molecule has 1 unspecified atom stereocenters. The van der Waals surface area contributed by atoms with E-state index in [0.29, 0.717) is 39.9 Å². The second kappa shape index (κ2) is 6.21. The molecule has 4 heterocycles. The fraction of sp³-hybridized carbons (Fsp3) is 0.286. The Labute approximate surface area is 173 Å². The van der Waals surface area contributed by atoms with Crippen LogP contribution in [-0.2, 0) is 29.1 Å². The first-order valence-corrected chi connectivity index (χ1v) is 10.0. The van der Waals surface area contributed by atoms with Gasteiger partial charge in [-0.15, -0.1) is 0 Å². The third-order valence-corrected chi connectivity index (χ3v) is 6.83. The van der Waals surface area contributed by atoms with Crippen molar-refractivity contribution in [2.24, 2.45) is 0 Å². The molecule has 2 aliphatic heterocycles. The molecule has 29 heavy (non-hydrogen) atoms. The van der Waals surface area contributed by atoms with Crippen LogP contribution in [0.25, 0.3) is 22.3 Å². The van der Waals surface area contributed by atoms with Crippen LogP contribution in [0.3, 0.4) is 0 Å². The fourth-order valence-electron chi connectivity index (χ4n) is 4.29. The lowest BCUT2D eigenvalue weighted by Gasteiger charge is -2.21. The van der Waals surface area contributed by atoms with Crippen LogP contribution >= 0.6 is 15.9 Å². The average molecular weight is 459 g/mol. The number of halogens is 2. The van der Waals surface area contributed by atoms with Crippen molar-refractivity contribution in [3.05, 3.63) is 60.6 Å². The highest BCUT2D eigenvalue weighted by atomic mass is 79.9. The van der Waals surface area contributed by atoms with Gasteiger partial charge in [-0.2, -0.15) is 0 Å². The van der Waals surface area contributed by atoms with Crippen molar-refractivity contribution in [3.8, 4) is 11.4 Å². The minimum absolute atomic E-state index is 0.160. The van der Waals surface area contributed by atoms with Gasteiger partial charge in [0.15, 0.2) is 6.10 Å². The van der Waals surface area contributed by atoms with Crippen LogP contribution in [0.2, 0.25) is 0 Å².